The van der Waals surface area contributed by atoms with Crippen molar-refractivity contribution in [1.29, 1.82) is 0 Å². The van der Waals surface area contributed by atoms with E-state index < -0.39 is 0 Å². The van der Waals surface area contributed by atoms with Crippen LogP contribution in [-0.2, 0) is 9.53 Å². The fourth-order valence-electron chi connectivity index (χ4n) is 2.46. The number of hydrogen-bond donors (Lipinski definition) is 0. The van der Waals surface area contributed by atoms with E-state index in [1.165, 1.54) is 4.90 Å². The van der Waals surface area contributed by atoms with E-state index in [9.17, 15) is 9.59 Å². The fourth-order valence-corrected chi connectivity index (χ4v) is 3.70. The summed E-state index contributed by atoms with van der Waals surface area (Å²) in [6.07, 6.45) is 2.16. The van der Waals surface area contributed by atoms with Crippen LogP contribution in [0.25, 0.3) is 17.4 Å². The molecule has 136 valence electrons. The van der Waals surface area contributed by atoms with Gasteiger partial charge in [-0.15, -0.1) is 0 Å². The van der Waals surface area contributed by atoms with Gasteiger partial charge < -0.3 is 9.15 Å². The van der Waals surface area contributed by atoms with Gasteiger partial charge in [-0.1, -0.05) is 29.3 Å². The highest BCUT2D eigenvalue weighted by Crippen LogP contribution is 2.36. The zero-order valence-electron chi connectivity index (χ0n) is 13.8. The van der Waals surface area contributed by atoms with Gasteiger partial charge in [-0.05, 0) is 42.4 Å². The van der Waals surface area contributed by atoms with E-state index in [0.29, 0.717) is 51.6 Å². The molecule has 0 radical (unpaired) electrons. The quantitative estimate of drug-likeness (QED) is 0.474. The maximum absolute atomic E-state index is 12.4. The molecule has 1 saturated heterocycles. The molecule has 1 aliphatic rings. The van der Waals surface area contributed by atoms with E-state index in [4.69, 9.17) is 32.4 Å². The summed E-state index contributed by atoms with van der Waals surface area (Å²) in [6.45, 7) is 0.820. The van der Waals surface area contributed by atoms with Crippen molar-refractivity contribution in [3.05, 3.63) is 51.0 Å². The molecule has 0 atom stereocenters. The van der Waals surface area contributed by atoms with Gasteiger partial charge >= 0.3 is 0 Å². The van der Waals surface area contributed by atoms with Gasteiger partial charge in [-0.25, -0.2) is 0 Å². The maximum Gasteiger partial charge on any atom is 0.293 e. The van der Waals surface area contributed by atoms with Crippen molar-refractivity contribution in [2.24, 2.45) is 0 Å². The van der Waals surface area contributed by atoms with Gasteiger partial charge in [0, 0.05) is 31.9 Å². The molecule has 0 spiro atoms. The first kappa shape index (κ1) is 19.0. The highest BCUT2D eigenvalue weighted by atomic mass is 35.5. The Morgan fingerprint density at radius 2 is 2.04 bits per heavy atom. The number of furan rings is 1. The number of thioether (sulfide) groups is 1. The molecule has 0 aliphatic carbocycles. The normalized spacial score (nSPS) is 16.1. The van der Waals surface area contributed by atoms with Gasteiger partial charge in [0.1, 0.15) is 11.5 Å². The van der Waals surface area contributed by atoms with Crippen LogP contribution in [-0.4, -0.2) is 36.3 Å². The van der Waals surface area contributed by atoms with Crippen LogP contribution < -0.4 is 0 Å². The van der Waals surface area contributed by atoms with E-state index in [1.807, 2.05) is 0 Å². The Labute approximate surface area is 164 Å². The second-order valence-corrected chi connectivity index (χ2v) is 7.26. The lowest BCUT2D eigenvalue weighted by Crippen LogP contribution is -2.29. The standard InChI is InChI=1S/C18H15Cl2NO4S/c1-24-9-3-8-21-17(22)15(26-18(21)23)10-11-6-7-14(25-11)12-4-2-5-13(19)16(12)20/h2,4-7,10H,3,8-9H2,1H3/b15-10-. The Balaban J connectivity index is 1.79. The van der Waals surface area contributed by atoms with Gasteiger partial charge in [0.25, 0.3) is 11.1 Å². The Morgan fingerprint density at radius 3 is 2.81 bits per heavy atom. The van der Waals surface area contributed by atoms with Crippen LogP contribution in [0.3, 0.4) is 0 Å². The zero-order valence-corrected chi connectivity index (χ0v) is 16.2. The van der Waals surface area contributed by atoms with E-state index in [1.54, 1.807) is 43.5 Å². The number of imide groups is 1. The first-order valence-electron chi connectivity index (χ1n) is 7.80. The third-order valence-corrected chi connectivity index (χ3v) is 5.45. The average Bonchev–Trinajstić information content (AvgIpc) is 3.17. The zero-order chi connectivity index (χ0) is 18.7. The number of carbonyl (C=O) groups is 2. The van der Waals surface area contributed by atoms with Gasteiger partial charge in [0.05, 0.1) is 15.0 Å². The van der Waals surface area contributed by atoms with Crippen molar-refractivity contribution < 1.29 is 18.7 Å². The minimum Gasteiger partial charge on any atom is -0.457 e. The molecule has 0 saturated carbocycles. The highest BCUT2D eigenvalue weighted by molar-refractivity contribution is 8.18. The number of carbonyl (C=O) groups excluding carboxylic acids is 2. The lowest BCUT2D eigenvalue weighted by atomic mass is 10.2. The van der Waals surface area contributed by atoms with Crippen LogP contribution in [0.1, 0.15) is 12.2 Å². The van der Waals surface area contributed by atoms with Crippen LogP contribution in [0.2, 0.25) is 10.0 Å². The molecule has 3 rings (SSSR count). The summed E-state index contributed by atoms with van der Waals surface area (Å²) in [5.41, 5.74) is 0.659. The van der Waals surface area contributed by atoms with Crippen LogP contribution in [0, 0.1) is 0 Å². The third kappa shape index (κ3) is 3.99. The van der Waals surface area contributed by atoms with Crippen molar-refractivity contribution in [3.8, 4) is 11.3 Å². The number of benzene rings is 1. The van der Waals surface area contributed by atoms with E-state index >= 15 is 0 Å². The SMILES string of the molecule is COCCCN1C(=O)S/C(=C\c2ccc(-c3cccc(Cl)c3Cl)o2)C1=O. The molecule has 0 N–H and O–H groups in total. The first-order chi connectivity index (χ1) is 12.5. The van der Waals surface area contributed by atoms with Crippen molar-refractivity contribution >= 4 is 52.2 Å². The van der Waals surface area contributed by atoms with Crippen LogP contribution in [0.4, 0.5) is 4.79 Å². The van der Waals surface area contributed by atoms with E-state index in [0.717, 1.165) is 11.8 Å². The minimum absolute atomic E-state index is 0.290. The summed E-state index contributed by atoms with van der Waals surface area (Å²) in [4.78, 5) is 25.9. The average molecular weight is 412 g/mol. The van der Waals surface area contributed by atoms with Gasteiger partial charge in [0.15, 0.2) is 0 Å². The Hall–Kier alpha value is -1.73. The van der Waals surface area contributed by atoms with Crippen LogP contribution in [0.15, 0.2) is 39.7 Å². The monoisotopic (exact) mass is 411 g/mol. The number of ether oxygens (including phenoxy) is 1. The molecule has 2 amide bonds. The smallest absolute Gasteiger partial charge is 0.293 e. The third-order valence-electron chi connectivity index (χ3n) is 3.72. The van der Waals surface area contributed by atoms with Gasteiger partial charge in [-0.2, -0.15) is 0 Å². The summed E-state index contributed by atoms with van der Waals surface area (Å²) >= 11 is 13.1. The molecule has 1 aromatic carbocycles. The Kier molecular flexibility index (Phi) is 6.09. The number of hydrogen-bond acceptors (Lipinski definition) is 5. The summed E-state index contributed by atoms with van der Waals surface area (Å²) in [5, 5.41) is 0.537. The maximum atomic E-state index is 12.4. The Bertz CT molecular complexity index is 878. The molecule has 5 nitrogen and oxygen atoms in total. The Morgan fingerprint density at radius 1 is 1.23 bits per heavy atom. The number of amides is 2. The number of halogens is 2. The molecule has 2 aromatic rings. The van der Waals surface area contributed by atoms with Gasteiger partial charge in [0.2, 0.25) is 0 Å². The first-order valence-corrected chi connectivity index (χ1v) is 9.37. The molecular weight excluding hydrogens is 397 g/mol. The van der Waals surface area contributed by atoms with E-state index in [2.05, 4.69) is 0 Å². The van der Waals surface area contributed by atoms with Gasteiger partial charge in [-0.3, -0.25) is 14.5 Å². The lowest BCUT2D eigenvalue weighted by molar-refractivity contribution is -0.122. The fraction of sp³-hybridized carbons (Fsp3) is 0.222. The second-order valence-electron chi connectivity index (χ2n) is 5.48. The van der Waals surface area contributed by atoms with Crippen LogP contribution >= 0.6 is 35.0 Å². The van der Waals surface area contributed by atoms with Crippen molar-refractivity contribution in [1.82, 2.24) is 4.90 Å². The molecule has 26 heavy (non-hydrogen) atoms. The number of nitrogens with zero attached hydrogens (tertiary/aromatic N) is 1. The summed E-state index contributed by atoms with van der Waals surface area (Å²) in [7, 11) is 1.58. The summed E-state index contributed by atoms with van der Waals surface area (Å²) in [5.74, 6) is 0.663. The number of rotatable bonds is 6. The van der Waals surface area contributed by atoms with E-state index in [-0.39, 0.29) is 11.1 Å². The molecule has 8 heteroatoms. The minimum atomic E-state index is -0.324. The largest absolute Gasteiger partial charge is 0.457 e. The summed E-state index contributed by atoms with van der Waals surface area (Å²) < 4.78 is 10.7. The predicted octanol–water partition coefficient (Wildman–Crippen LogP) is 5.33. The second kappa shape index (κ2) is 8.31. The molecule has 1 aliphatic heterocycles. The van der Waals surface area contributed by atoms with Crippen molar-refractivity contribution in [2.45, 2.75) is 6.42 Å². The van der Waals surface area contributed by atoms with Crippen molar-refractivity contribution in [3.63, 3.8) is 0 Å². The molecule has 0 unspecified atom stereocenters. The molecule has 2 heterocycles. The molecule has 1 fully saturated rings. The lowest BCUT2D eigenvalue weighted by Gasteiger charge is -2.11. The highest BCUT2D eigenvalue weighted by Gasteiger charge is 2.34. The molecular formula is C18H15Cl2NO4S. The number of methoxy groups -OCH3 is 1. The summed E-state index contributed by atoms with van der Waals surface area (Å²) in [6, 6.07) is 8.71. The predicted molar refractivity (Wildman–Crippen MR) is 103 cm³/mol. The topological polar surface area (TPSA) is 59.8 Å². The molecule has 1 aromatic heterocycles. The van der Waals surface area contributed by atoms with Crippen LogP contribution in [0.5, 0.6) is 0 Å². The molecule has 0 bridgehead atoms. The van der Waals surface area contributed by atoms with Crippen molar-refractivity contribution in [2.75, 3.05) is 20.3 Å².